The molecule has 0 aliphatic carbocycles. The Hall–Kier alpha value is -3.18. The van der Waals surface area contributed by atoms with Gasteiger partial charge < -0.3 is 31.5 Å². The summed E-state index contributed by atoms with van der Waals surface area (Å²) in [5.74, 6) is -4.03. The number of carboxylic acid groups (broad SMARTS) is 2. The Labute approximate surface area is 161 Å². The zero-order valence-corrected chi connectivity index (χ0v) is 15.4. The topological polar surface area (TPSA) is 191 Å². The van der Waals surface area contributed by atoms with E-state index in [0.717, 1.165) is 0 Å². The Balaban J connectivity index is 3.59. The Morgan fingerprint density at radius 2 is 0.857 bits per heavy atom. The van der Waals surface area contributed by atoms with Gasteiger partial charge in [-0.05, 0) is 12.8 Å². The minimum Gasteiger partial charge on any atom is -0.481 e. The number of hydrogen-bond acceptors (Lipinski definition) is 6. The first-order valence-corrected chi connectivity index (χ1v) is 8.71. The van der Waals surface area contributed by atoms with Gasteiger partial charge in [0.05, 0.1) is 25.9 Å². The number of nitrogens with one attached hydrogen (secondary N) is 4. The summed E-state index contributed by atoms with van der Waals surface area (Å²) in [5, 5.41) is 26.6. The highest BCUT2D eigenvalue weighted by atomic mass is 16.4. The number of unbranched alkanes of at least 4 members (excludes halogenated alkanes) is 1. The van der Waals surface area contributed by atoms with E-state index in [4.69, 9.17) is 10.2 Å². The Kier molecular flexibility index (Phi) is 13.2. The van der Waals surface area contributed by atoms with Gasteiger partial charge in [0.15, 0.2) is 0 Å². The number of aliphatic carboxylic acids is 2. The third-order valence-electron chi connectivity index (χ3n) is 3.27. The molecule has 0 fully saturated rings. The molecule has 6 N–H and O–H groups in total. The smallest absolute Gasteiger partial charge is 0.303 e. The summed E-state index contributed by atoms with van der Waals surface area (Å²) in [6, 6.07) is 0. The molecule has 0 saturated heterocycles. The van der Waals surface area contributed by atoms with E-state index < -0.39 is 35.6 Å². The van der Waals surface area contributed by atoms with Crippen LogP contribution in [-0.2, 0) is 28.8 Å². The second kappa shape index (κ2) is 14.9. The lowest BCUT2D eigenvalue weighted by molar-refractivity contribution is -0.139. The minimum atomic E-state index is -1.09. The van der Waals surface area contributed by atoms with Crippen LogP contribution in [0.3, 0.4) is 0 Å². The van der Waals surface area contributed by atoms with Gasteiger partial charge in [-0.3, -0.25) is 28.8 Å². The zero-order valence-electron chi connectivity index (χ0n) is 15.4. The first-order chi connectivity index (χ1) is 13.2. The Morgan fingerprint density at radius 3 is 1.18 bits per heavy atom. The van der Waals surface area contributed by atoms with Crippen LogP contribution in [0.15, 0.2) is 0 Å². The number of hydrogen-bond donors (Lipinski definition) is 6. The van der Waals surface area contributed by atoms with Crippen LogP contribution in [0.25, 0.3) is 0 Å². The Morgan fingerprint density at radius 1 is 0.500 bits per heavy atom. The third-order valence-corrected chi connectivity index (χ3v) is 3.27. The highest BCUT2D eigenvalue weighted by Crippen LogP contribution is 1.89. The fraction of sp³-hybridized carbons (Fsp3) is 0.625. The fourth-order valence-corrected chi connectivity index (χ4v) is 1.81. The minimum absolute atomic E-state index is 0.192. The average Bonchev–Trinajstić information content (AvgIpc) is 2.63. The first kappa shape index (κ1) is 24.8. The Bertz CT molecular complexity index is 529. The maximum absolute atomic E-state index is 11.5. The van der Waals surface area contributed by atoms with Gasteiger partial charge in [0.2, 0.25) is 23.6 Å². The lowest BCUT2D eigenvalue weighted by Gasteiger charge is -2.08. The van der Waals surface area contributed by atoms with Gasteiger partial charge in [-0.15, -0.1) is 0 Å². The number of rotatable bonds is 15. The molecule has 0 atom stereocenters. The molecule has 0 unspecified atom stereocenters. The van der Waals surface area contributed by atoms with Crippen molar-refractivity contribution in [2.45, 2.75) is 38.5 Å². The van der Waals surface area contributed by atoms with Crippen LogP contribution < -0.4 is 21.3 Å². The first-order valence-electron chi connectivity index (χ1n) is 8.71. The summed E-state index contributed by atoms with van der Waals surface area (Å²) in [4.78, 5) is 66.1. The molecule has 0 aromatic carbocycles. The maximum Gasteiger partial charge on any atom is 0.303 e. The zero-order chi connectivity index (χ0) is 21.4. The van der Waals surface area contributed by atoms with Gasteiger partial charge >= 0.3 is 11.9 Å². The molecule has 12 nitrogen and oxygen atoms in total. The van der Waals surface area contributed by atoms with Gasteiger partial charge in [-0.1, -0.05) is 0 Å². The molecule has 0 aromatic rings. The summed E-state index contributed by atoms with van der Waals surface area (Å²) in [5.41, 5.74) is 0. The predicted molar refractivity (Wildman–Crippen MR) is 95.0 cm³/mol. The second-order valence-corrected chi connectivity index (χ2v) is 5.75. The third kappa shape index (κ3) is 16.3. The van der Waals surface area contributed by atoms with Gasteiger partial charge in [0.25, 0.3) is 0 Å². The van der Waals surface area contributed by atoms with E-state index in [9.17, 15) is 28.8 Å². The molecule has 0 spiro atoms. The van der Waals surface area contributed by atoms with Gasteiger partial charge in [-0.2, -0.15) is 0 Å². The molecule has 0 bridgehead atoms. The molecule has 0 saturated carbocycles. The maximum atomic E-state index is 11.5. The number of amides is 4. The van der Waals surface area contributed by atoms with Crippen molar-refractivity contribution >= 4 is 35.6 Å². The molecular formula is C16H26N4O8. The van der Waals surface area contributed by atoms with E-state index in [-0.39, 0.29) is 38.8 Å². The SMILES string of the molecule is O=C(O)CCC(=O)NCC(=O)NCCCCNC(=O)CNC(=O)CCC(=O)O. The summed E-state index contributed by atoms with van der Waals surface area (Å²) >= 11 is 0. The van der Waals surface area contributed by atoms with Crippen LogP contribution in [0, 0.1) is 0 Å². The number of carbonyl (C=O) groups excluding carboxylic acids is 4. The van der Waals surface area contributed by atoms with Crippen LogP contribution in [0.5, 0.6) is 0 Å². The van der Waals surface area contributed by atoms with Crippen molar-refractivity contribution in [2.75, 3.05) is 26.2 Å². The lowest BCUT2D eigenvalue weighted by Crippen LogP contribution is -2.38. The van der Waals surface area contributed by atoms with Crippen LogP contribution in [0.4, 0.5) is 0 Å². The van der Waals surface area contributed by atoms with Crippen molar-refractivity contribution in [2.24, 2.45) is 0 Å². The van der Waals surface area contributed by atoms with E-state index in [2.05, 4.69) is 21.3 Å². The van der Waals surface area contributed by atoms with Crippen molar-refractivity contribution in [1.82, 2.24) is 21.3 Å². The number of carbonyl (C=O) groups is 6. The van der Waals surface area contributed by atoms with Crippen molar-refractivity contribution in [1.29, 1.82) is 0 Å². The van der Waals surface area contributed by atoms with Gasteiger partial charge in [0.1, 0.15) is 0 Å². The monoisotopic (exact) mass is 402 g/mol. The molecule has 0 radical (unpaired) electrons. The summed E-state index contributed by atoms with van der Waals surface area (Å²) in [6.45, 7) is 0.199. The van der Waals surface area contributed by atoms with Crippen LogP contribution in [0.1, 0.15) is 38.5 Å². The van der Waals surface area contributed by atoms with E-state index in [0.29, 0.717) is 25.9 Å². The molecule has 158 valence electrons. The van der Waals surface area contributed by atoms with Crippen molar-refractivity contribution in [3.05, 3.63) is 0 Å². The molecule has 0 heterocycles. The van der Waals surface area contributed by atoms with E-state index >= 15 is 0 Å². The lowest BCUT2D eigenvalue weighted by atomic mass is 10.3. The average molecular weight is 402 g/mol. The fourth-order valence-electron chi connectivity index (χ4n) is 1.81. The highest BCUT2D eigenvalue weighted by Gasteiger charge is 2.08. The van der Waals surface area contributed by atoms with E-state index in [1.807, 2.05) is 0 Å². The quantitative estimate of drug-likeness (QED) is 0.169. The molecule has 4 amide bonds. The predicted octanol–water partition coefficient (Wildman–Crippen LogP) is -2.04. The normalized spacial score (nSPS) is 9.86. The van der Waals surface area contributed by atoms with Crippen LogP contribution in [-0.4, -0.2) is 72.0 Å². The van der Waals surface area contributed by atoms with E-state index in [1.54, 1.807) is 0 Å². The van der Waals surface area contributed by atoms with Crippen molar-refractivity contribution < 1.29 is 39.0 Å². The van der Waals surface area contributed by atoms with Crippen molar-refractivity contribution in [3.8, 4) is 0 Å². The van der Waals surface area contributed by atoms with Crippen LogP contribution >= 0.6 is 0 Å². The van der Waals surface area contributed by atoms with Crippen molar-refractivity contribution in [3.63, 3.8) is 0 Å². The standard InChI is InChI=1S/C16H26N4O8/c21-11(3-5-15(25)26)19-9-13(23)17-7-1-2-8-18-14(24)10-20-12(22)4-6-16(27)28/h1-10H2,(H,17,23)(H,18,24)(H,19,21)(H,20,22)(H,25,26)(H,27,28). The number of carboxylic acids is 2. The molecule has 0 aliphatic heterocycles. The summed E-state index contributed by atoms with van der Waals surface area (Å²) in [6.07, 6.45) is 0.162. The van der Waals surface area contributed by atoms with Gasteiger partial charge in [0, 0.05) is 25.9 Å². The van der Waals surface area contributed by atoms with Crippen LogP contribution in [0.2, 0.25) is 0 Å². The largest absolute Gasteiger partial charge is 0.481 e. The highest BCUT2D eigenvalue weighted by molar-refractivity contribution is 5.86. The molecule has 0 rings (SSSR count). The summed E-state index contributed by atoms with van der Waals surface area (Å²) < 4.78 is 0. The molecule has 28 heavy (non-hydrogen) atoms. The second-order valence-electron chi connectivity index (χ2n) is 5.75. The van der Waals surface area contributed by atoms with Gasteiger partial charge in [-0.25, -0.2) is 0 Å². The summed E-state index contributed by atoms with van der Waals surface area (Å²) in [7, 11) is 0. The molecule has 0 aromatic heterocycles. The molecule has 0 aliphatic rings. The molecule has 12 heteroatoms. The molecular weight excluding hydrogens is 376 g/mol. The van der Waals surface area contributed by atoms with E-state index in [1.165, 1.54) is 0 Å².